The average Bonchev–Trinajstić information content (AvgIpc) is 2.46. The number of ether oxygens (including phenoxy) is 1. The van der Waals surface area contributed by atoms with Gasteiger partial charge in [0.2, 0.25) is 5.95 Å². The summed E-state index contributed by atoms with van der Waals surface area (Å²) in [5.74, 6) is 1.29. The molecule has 1 aromatic heterocycles. The molecule has 0 aliphatic heterocycles. The number of rotatable bonds is 3. The van der Waals surface area contributed by atoms with Crippen LogP contribution in [0.4, 0.5) is 5.95 Å². The molecule has 1 heterocycles. The summed E-state index contributed by atoms with van der Waals surface area (Å²) in [6.45, 7) is 4.02. The van der Waals surface area contributed by atoms with Crippen molar-refractivity contribution in [3.63, 3.8) is 0 Å². The summed E-state index contributed by atoms with van der Waals surface area (Å²) in [7, 11) is 3.29. The summed E-state index contributed by atoms with van der Waals surface area (Å²) in [6.07, 6.45) is 5.40. The lowest BCUT2D eigenvalue weighted by Gasteiger charge is -2.12. The van der Waals surface area contributed by atoms with Crippen LogP contribution in [0, 0.1) is 25.3 Å². The average molecular weight is 268 g/mol. The van der Waals surface area contributed by atoms with Crippen LogP contribution in [-0.4, -0.2) is 24.1 Å². The van der Waals surface area contributed by atoms with E-state index in [1.165, 1.54) is 4.90 Å². The lowest BCUT2D eigenvalue weighted by Crippen LogP contribution is -2.11. The van der Waals surface area contributed by atoms with Crippen LogP contribution in [0.1, 0.15) is 11.1 Å². The normalized spacial score (nSPS) is 9.95. The van der Waals surface area contributed by atoms with Crippen LogP contribution in [0.5, 0.6) is 5.75 Å². The van der Waals surface area contributed by atoms with Gasteiger partial charge in [-0.2, -0.15) is 5.26 Å². The molecule has 0 fully saturated rings. The van der Waals surface area contributed by atoms with Gasteiger partial charge in [-0.1, -0.05) is 0 Å². The van der Waals surface area contributed by atoms with Crippen molar-refractivity contribution in [2.75, 3.05) is 19.1 Å². The zero-order valence-corrected chi connectivity index (χ0v) is 12.0. The Hall–Kier alpha value is -2.61. The lowest BCUT2D eigenvalue weighted by atomic mass is 10.0. The van der Waals surface area contributed by atoms with Gasteiger partial charge in [0.1, 0.15) is 5.75 Å². The number of anilines is 1. The molecule has 0 N–H and O–H groups in total. The van der Waals surface area contributed by atoms with Crippen LogP contribution in [0.15, 0.2) is 24.5 Å². The molecule has 20 heavy (non-hydrogen) atoms. The molecule has 5 heteroatoms. The second-order valence-corrected chi connectivity index (χ2v) is 4.57. The first-order valence-corrected chi connectivity index (χ1v) is 6.18. The summed E-state index contributed by atoms with van der Waals surface area (Å²) in [6, 6.07) is 4.08. The third kappa shape index (κ3) is 2.54. The number of nitrogens with zero attached hydrogens (tertiary/aromatic N) is 4. The predicted molar refractivity (Wildman–Crippen MR) is 77.5 cm³/mol. The van der Waals surface area contributed by atoms with E-state index in [1.54, 1.807) is 26.6 Å². The fraction of sp³-hybridized carbons (Fsp3) is 0.267. The second-order valence-electron chi connectivity index (χ2n) is 4.57. The zero-order chi connectivity index (χ0) is 14.7. The maximum Gasteiger partial charge on any atom is 0.238 e. The van der Waals surface area contributed by atoms with Gasteiger partial charge in [0.25, 0.3) is 0 Å². The second kappa shape index (κ2) is 5.57. The molecule has 102 valence electrons. The molecule has 0 bridgehead atoms. The Kier molecular flexibility index (Phi) is 3.85. The minimum Gasteiger partial charge on any atom is -0.496 e. The fourth-order valence-corrected chi connectivity index (χ4v) is 2.13. The van der Waals surface area contributed by atoms with Crippen molar-refractivity contribution in [3.8, 4) is 23.1 Å². The van der Waals surface area contributed by atoms with Gasteiger partial charge < -0.3 is 4.74 Å². The number of aromatic nitrogens is 2. The van der Waals surface area contributed by atoms with Crippen LogP contribution in [0.25, 0.3) is 11.1 Å². The van der Waals surface area contributed by atoms with Crippen LogP contribution >= 0.6 is 0 Å². The molecule has 0 saturated carbocycles. The van der Waals surface area contributed by atoms with Crippen molar-refractivity contribution in [1.29, 1.82) is 5.26 Å². The minimum atomic E-state index is 0.387. The Morgan fingerprint density at radius 3 is 2.10 bits per heavy atom. The lowest BCUT2D eigenvalue weighted by molar-refractivity contribution is 0.408. The van der Waals surface area contributed by atoms with Crippen molar-refractivity contribution in [3.05, 3.63) is 35.7 Å². The van der Waals surface area contributed by atoms with Crippen molar-refractivity contribution in [2.24, 2.45) is 0 Å². The van der Waals surface area contributed by atoms with E-state index in [2.05, 4.69) is 9.97 Å². The van der Waals surface area contributed by atoms with Crippen molar-refractivity contribution in [1.82, 2.24) is 9.97 Å². The molecule has 0 amide bonds. The number of benzene rings is 1. The molecule has 0 spiro atoms. The first-order chi connectivity index (χ1) is 9.56. The molecule has 0 radical (unpaired) electrons. The van der Waals surface area contributed by atoms with Crippen molar-refractivity contribution >= 4 is 5.95 Å². The SMILES string of the molecule is COc1c(C)cc(-c2cnc(N(C)C#N)nc2)cc1C. The standard InChI is InChI=1S/C15H16N4O/c1-10-5-12(6-11(2)14(10)20-4)13-7-17-15(18-8-13)19(3)9-16/h5-8H,1-4H3. The van der Waals surface area contributed by atoms with Gasteiger partial charge in [0, 0.05) is 25.0 Å². The highest BCUT2D eigenvalue weighted by molar-refractivity contribution is 5.66. The molecular weight excluding hydrogens is 252 g/mol. The Balaban J connectivity index is 2.40. The smallest absolute Gasteiger partial charge is 0.238 e. The molecule has 2 rings (SSSR count). The van der Waals surface area contributed by atoms with Gasteiger partial charge in [-0.3, -0.25) is 4.90 Å². The molecule has 0 aliphatic rings. The highest BCUT2D eigenvalue weighted by Crippen LogP contribution is 2.29. The molecule has 0 aliphatic carbocycles. The van der Waals surface area contributed by atoms with Crippen molar-refractivity contribution < 1.29 is 4.74 Å². The Morgan fingerprint density at radius 2 is 1.65 bits per heavy atom. The van der Waals surface area contributed by atoms with Crippen LogP contribution in [0.2, 0.25) is 0 Å². The molecule has 1 aromatic carbocycles. The van der Waals surface area contributed by atoms with Crippen molar-refractivity contribution in [2.45, 2.75) is 13.8 Å². The Morgan fingerprint density at radius 1 is 1.10 bits per heavy atom. The first-order valence-electron chi connectivity index (χ1n) is 6.18. The summed E-state index contributed by atoms with van der Waals surface area (Å²) >= 11 is 0. The van der Waals surface area contributed by atoms with Crippen LogP contribution < -0.4 is 9.64 Å². The topological polar surface area (TPSA) is 62.0 Å². The monoisotopic (exact) mass is 268 g/mol. The van der Waals surface area contributed by atoms with Crippen LogP contribution in [0.3, 0.4) is 0 Å². The highest BCUT2D eigenvalue weighted by Gasteiger charge is 2.08. The first kappa shape index (κ1) is 13.8. The van der Waals surface area contributed by atoms with E-state index in [1.807, 2.05) is 32.2 Å². The van der Waals surface area contributed by atoms with Gasteiger partial charge in [0.15, 0.2) is 6.19 Å². The van der Waals surface area contributed by atoms with Gasteiger partial charge in [-0.25, -0.2) is 9.97 Å². The Bertz CT molecular complexity index is 636. The van der Waals surface area contributed by atoms with E-state index in [0.29, 0.717) is 5.95 Å². The molecule has 0 atom stereocenters. The molecule has 2 aromatic rings. The highest BCUT2D eigenvalue weighted by atomic mass is 16.5. The quantitative estimate of drug-likeness (QED) is 0.632. The summed E-state index contributed by atoms with van der Waals surface area (Å²) in [5.41, 5.74) is 4.09. The van der Waals surface area contributed by atoms with E-state index in [9.17, 15) is 0 Å². The molecule has 0 saturated heterocycles. The summed E-state index contributed by atoms with van der Waals surface area (Å²) in [4.78, 5) is 9.69. The summed E-state index contributed by atoms with van der Waals surface area (Å²) < 4.78 is 5.36. The fourth-order valence-electron chi connectivity index (χ4n) is 2.13. The molecular formula is C15H16N4O. The third-order valence-electron chi connectivity index (χ3n) is 3.09. The van der Waals surface area contributed by atoms with E-state index in [4.69, 9.17) is 10.00 Å². The number of hydrogen-bond acceptors (Lipinski definition) is 5. The molecule has 5 nitrogen and oxygen atoms in total. The van der Waals surface area contributed by atoms with E-state index < -0.39 is 0 Å². The van der Waals surface area contributed by atoms with Crippen LogP contribution in [-0.2, 0) is 0 Å². The Labute approximate surface area is 118 Å². The number of methoxy groups -OCH3 is 1. The van der Waals surface area contributed by atoms with E-state index in [0.717, 1.165) is 28.0 Å². The van der Waals surface area contributed by atoms with E-state index >= 15 is 0 Å². The van der Waals surface area contributed by atoms with Gasteiger partial charge in [-0.15, -0.1) is 0 Å². The summed E-state index contributed by atoms with van der Waals surface area (Å²) in [5, 5.41) is 8.79. The van der Waals surface area contributed by atoms with Gasteiger partial charge in [-0.05, 0) is 42.7 Å². The predicted octanol–water partition coefficient (Wildman–Crippen LogP) is 2.69. The number of aryl methyl sites for hydroxylation is 2. The third-order valence-corrected chi connectivity index (χ3v) is 3.09. The largest absolute Gasteiger partial charge is 0.496 e. The maximum atomic E-state index is 8.79. The van der Waals surface area contributed by atoms with Gasteiger partial charge in [0.05, 0.1) is 7.11 Å². The van der Waals surface area contributed by atoms with E-state index in [-0.39, 0.29) is 0 Å². The minimum absolute atomic E-state index is 0.387. The maximum absolute atomic E-state index is 8.79. The van der Waals surface area contributed by atoms with Gasteiger partial charge >= 0.3 is 0 Å². The zero-order valence-electron chi connectivity index (χ0n) is 12.0. The number of nitriles is 1. The molecule has 0 unspecified atom stereocenters. The number of hydrogen-bond donors (Lipinski definition) is 0.